The zero-order chi connectivity index (χ0) is 10.9. The van der Waals surface area contributed by atoms with Crippen molar-refractivity contribution < 1.29 is 9.47 Å². The van der Waals surface area contributed by atoms with Gasteiger partial charge in [-0.15, -0.1) is 0 Å². The second kappa shape index (κ2) is 4.02. The molecule has 1 aromatic rings. The second-order valence-electron chi connectivity index (χ2n) is 3.95. The van der Waals surface area contributed by atoms with Crippen molar-refractivity contribution in [2.75, 3.05) is 13.7 Å². The van der Waals surface area contributed by atoms with Gasteiger partial charge in [-0.1, -0.05) is 15.9 Å². The van der Waals surface area contributed by atoms with Crippen LogP contribution in [0.4, 0.5) is 0 Å². The summed E-state index contributed by atoms with van der Waals surface area (Å²) in [6.07, 6.45) is 2.09. The molecule has 0 saturated heterocycles. The molecule has 0 spiro atoms. The van der Waals surface area contributed by atoms with Crippen LogP contribution in [0.15, 0.2) is 22.7 Å². The molecule has 0 amide bonds. The maximum absolute atomic E-state index is 5.95. The van der Waals surface area contributed by atoms with Crippen LogP contribution in [0.25, 0.3) is 0 Å². The number of halogens is 1. The van der Waals surface area contributed by atoms with Crippen LogP contribution in [0.3, 0.4) is 0 Å². The van der Waals surface area contributed by atoms with Crippen LogP contribution in [0.5, 0.6) is 11.5 Å². The molecular formula is C11H14BrNO2. The molecule has 3 nitrogen and oxygen atoms in total. The van der Waals surface area contributed by atoms with Crippen LogP contribution >= 0.6 is 15.9 Å². The highest BCUT2D eigenvalue weighted by Gasteiger charge is 2.39. The average Bonchev–Trinajstić information content (AvgIpc) is 2.95. The number of ether oxygens (including phenoxy) is 2. The van der Waals surface area contributed by atoms with Crippen LogP contribution in [0.2, 0.25) is 0 Å². The van der Waals surface area contributed by atoms with Crippen LogP contribution in [0, 0.1) is 0 Å². The monoisotopic (exact) mass is 271 g/mol. The van der Waals surface area contributed by atoms with Crippen molar-refractivity contribution in [3.05, 3.63) is 22.7 Å². The number of rotatable bonds is 4. The minimum atomic E-state index is -0.104. The Bertz CT molecular complexity index is 364. The van der Waals surface area contributed by atoms with E-state index in [1.807, 2.05) is 18.2 Å². The Morgan fingerprint density at radius 2 is 2.13 bits per heavy atom. The lowest BCUT2D eigenvalue weighted by Gasteiger charge is -2.14. The number of hydrogen-bond donors (Lipinski definition) is 1. The van der Waals surface area contributed by atoms with E-state index in [9.17, 15) is 0 Å². The molecule has 0 aliphatic heterocycles. The van der Waals surface area contributed by atoms with E-state index in [2.05, 4.69) is 15.9 Å². The van der Waals surface area contributed by atoms with Crippen LogP contribution in [-0.2, 0) is 0 Å². The highest BCUT2D eigenvalue weighted by Crippen LogP contribution is 2.35. The molecule has 1 aliphatic rings. The molecular weight excluding hydrogens is 258 g/mol. The second-order valence-corrected chi connectivity index (χ2v) is 4.86. The van der Waals surface area contributed by atoms with Gasteiger partial charge in [-0.25, -0.2) is 0 Å². The third-order valence-electron chi connectivity index (χ3n) is 2.53. The van der Waals surface area contributed by atoms with Gasteiger partial charge in [0.1, 0.15) is 6.61 Å². The van der Waals surface area contributed by atoms with Crippen LogP contribution in [0.1, 0.15) is 12.8 Å². The summed E-state index contributed by atoms with van der Waals surface area (Å²) in [6, 6.07) is 5.68. The summed E-state index contributed by atoms with van der Waals surface area (Å²) in [4.78, 5) is 0. The fourth-order valence-corrected chi connectivity index (χ4v) is 1.63. The first kappa shape index (κ1) is 10.8. The van der Waals surface area contributed by atoms with E-state index >= 15 is 0 Å². The Morgan fingerprint density at radius 1 is 1.40 bits per heavy atom. The Morgan fingerprint density at radius 3 is 2.73 bits per heavy atom. The van der Waals surface area contributed by atoms with E-state index in [-0.39, 0.29) is 5.54 Å². The maximum atomic E-state index is 5.95. The Hall–Kier alpha value is -0.740. The van der Waals surface area contributed by atoms with Crippen molar-refractivity contribution in [3.8, 4) is 11.5 Å². The number of nitrogens with two attached hydrogens (primary N) is 1. The van der Waals surface area contributed by atoms with Crippen LogP contribution < -0.4 is 15.2 Å². The summed E-state index contributed by atoms with van der Waals surface area (Å²) in [5, 5.41) is 0. The van der Waals surface area contributed by atoms with E-state index in [0.717, 1.165) is 28.8 Å². The van der Waals surface area contributed by atoms with E-state index in [1.165, 1.54) is 0 Å². The van der Waals surface area contributed by atoms with Crippen molar-refractivity contribution in [3.63, 3.8) is 0 Å². The topological polar surface area (TPSA) is 44.5 Å². The first-order chi connectivity index (χ1) is 7.13. The van der Waals surface area contributed by atoms with Crippen LogP contribution in [-0.4, -0.2) is 19.3 Å². The number of methoxy groups -OCH3 is 1. The molecule has 15 heavy (non-hydrogen) atoms. The molecule has 0 bridgehead atoms. The molecule has 0 atom stereocenters. The zero-order valence-corrected chi connectivity index (χ0v) is 10.2. The molecule has 82 valence electrons. The lowest BCUT2D eigenvalue weighted by atomic mass is 10.3. The summed E-state index contributed by atoms with van der Waals surface area (Å²) in [5.41, 5.74) is 5.84. The highest BCUT2D eigenvalue weighted by molar-refractivity contribution is 9.10. The van der Waals surface area contributed by atoms with Crippen molar-refractivity contribution in [2.24, 2.45) is 5.73 Å². The minimum absolute atomic E-state index is 0.104. The van der Waals surface area contributed by atoms with Gasteiger partial charge in [0.2, 0.25) is 0 Å². The van der Waals surface area contributed by atoms with Crippen molar-refractivity contribution in [1.82, 2.24) is 0 Å². The summed E-state index contributed by atoms with van der Waals surface area (Å²) in [5.74, 6) is 1.48. The number of hydrogen-bond acceptors (Lipinski definition) is 3. The third-order valence-corrected chi connectivity index (χ3v) is 3.03. The quantitative estimate of drug-likeness (QED) is 0.914. The van der Waals surface area contributed by atoms with E-state index in [0.29, 0.717) is 6.61 Å². The smallest absolute Gasteiger partial charge is 0.162 e. The molecule has 1 saturated carbocycles. The fraction of sp³-hybridized carbons (Fsp3) is 0.455. The molecule has 0 aromatic heterocycles. The Balaban J connectivity index is 2.08. The predicted octanol–water partition coefficient (Wildman–Crippen LogP) is 2.33. The van der Waals surface area contributed by atoms with Gasteiger partial charge < -0.3 is 15.2 Å². The van der Waals surface area contributed by atoms with Gasteiger partial charge in [0, 0.05) is 4.47 Å². The molecule has 1 fully saturated rings. The van der Waals surface area contributed by atoms with Crippen molar-refractivity contribution in [2.45, 2.75) is 18.4 Å². The zero-order valence-electron chi connectivity index (χ0n) is 8.63. The molecule has 2 rings (SSSR count). The summed E-state index contributed by atoms with van der Waals surface area (Å²) >= 11 is 3.39. The standard InChI is InChI=1S/C11H14BrNO2/c1-14-9-3-2-8(12)6-10(9)15-7-11(13)4-5-11/h2-3,6H,4-5,7,13H2,1H3. The van der Waals surface area contributed by atoms with Gasteiger partial charge in [0.25, 0.3) is 0 Å². The fourth-order valence-electron chi connectivity index (χ4n) is 1.29. The van der Waals surface area contributed by atoms with Gasteiger partial charge in [-0.3, -0.25) is 0 Å². The maximum Gasteiger partial charge on any atom is 0.162 e. The van der Waals surface area contributed by atoms with Gasteiger partial charge >= 0.3 is 0 Å². The lowest BCUT2D eigenvalue weighted by molar-refractivity contribution is 0.264. The molecule has 0 unspecified atom stereocenters. The minimum Gasteiger partial charge on any atom is -0.493 e. The summed E-state index contributed by atoms with van der Waals surface area (Å²) in [6.45, 7) is 0.555. The molecule has 0 heterocycles. The largest absolute Gasteiger partial charge is 0.493 e. The third kappa shape index (κ3) is 2.63. The Labute approximate surface area is 97.7 Å². The van der Waals surface area contributed by atoms with Gasteiger partial charge in [0.05, 0.1) is 12.6 Å². The van der Waals surface area contributed by atoms with Gasteiger partial charge in [-0.05, 0) is 31.0 Å². The summed E-state index contributed by atoms with van der Waals surface area (Å²) in [7, 11) is 1.63. The van der Waals surface area contributed by atoms with E-state index < -0.39 is 0 Å². The molecule has 2 N–H and O–H groups in total. The van der Waals surface area contributed by atoms with E-state index in [1.54, 1.807) is 7.11 Å². The normalized spacial score (nSPS) is 17.3. The SMILES string of the molecule is COc1ccc(Br)cc1OCC1(N)CC1. The summed E-state index contributed by atoms with van der Waals surface area (Å²) < 4.78 is 11.8. The predicted molar refractivity (Wildman–Crippen MR) is 62.3 cm³/mol. The molecule has 4 heteroatoms. The van der Waals surface area contributed by atoms with E-state index in [4.69, 9.17) is 15.2 Å². The lowest BCUT2D eigenvalue weighted by Crippen LogP contribution is -2.29. The molecule has 1 aromatic carbocycles. The highest BCUT2D eigenvalue weighted by atomic mass is 79.9. The molecule has 1 aliphatic carbocycles. The van der Waals surface area contributed by atoms with Crippen molar-refractivity contribution >= 4 is 15.9 Å². The van der Waals surface area contributed by atoms with Crippen molar-refractivity contribution in [1.29, 1.82) is 0 Å². The number of benzene rings is 1. The van der Waals surface area contributed by atoms with Gasteiger partial charge in [0.15, 0.2) is 11.5 Å². The first-order valence-electron chi connectivity index (χ1n) is 4.88. The average molecular weight is 272 g/mol. The van der Waals surface area contributed by atoms with Gasteiger partial charge in [-0.2, -0.15) is 0 Å². The first-order valence-corrected chi connectivity index (χ1v) is 5.67. The molecule has 0 radical (unpaired) electrons. The Kier molecular flexibility index (Phi) is 2.89.